The fourth-order valence-electron chi connectivity index (χ4n) is 2.12. The molecule has 0 spiro atoms. The van der Waals surface area contributed by atoms with E-state index in [2.05, 4.69) is 74.5 Å². The van der Waals surface area contributed by atoms with E-state index in [9.17, 15) is 0 Å². The summed E-state index contributed by atoms with van der Waals surface area (Å²) in [5.41, 5.74) is 2.73. The van der Waals surface area contributed by atoms with Crippen LogP contribution in [0, 0.1) is 0 Å². The third-order valence-electron chi connectivity index (χ3n) is 3.14. The maximum Gasteiger partial charge on any atom is 0.0336 e. The molecular formula is C18H22OS2. The Morgan fingerprint density at radius 3 is 1.48 bits per heavy atom. The molecule has 21 heavy (non-hydrogen) atoms. The summed E-state index contributed by atoms with van der Waals surface area (Å²) in [6.07, 6.45) is 2.08. The van der Waals surface area contributed by atoms with E-state index in [4.69, 9.17) is 3.63 Å². The van der Waals surface area contributed by atoms with Crippen LogP contribution in [0.15, 0.2) is 60.7 Å². The van der Waals surface area contributed by atoms with Gasteiger partial charge in [-0.25, -0.2) is 3.63 Å². The molecule has 0 bridgehead atoms. The number of rotatable bonds is 8. The summed E-state index contributed by atoms with van der Waals surface area (Å²) < 4.78 is 5.73. The predicted octanol–water partition coefficient (Wildman–Crippen LogP) is 5.56. The average molecular weight is 319 g/mol. The number of benzene rings is 2. The molecule has 2 rings (SSSR count). The molecule has 0 amide bonds. The quantitative estimate of drug-likeness (QED) is 0.590. The van der Waals surface area contributed by atoms with Gasteiger partial charge in [0.05, 0.1) is 0 Å². The van der Waals surface area contributed by atoms with Gasteiger partial charge in [0.2, 0.25) is 0 Å². The van der Waals surface area contributed by atoms with E-state index in [0.717, 1.165) is 12.8 Å². The van der Waals surface area contributed by atoms with Crippen LogP contribution in [0.2, 0.25) is 0 Å². The lowest BCUT2D eigenvalue weighted by Crippen LogP contribution is -2.04. The molecule has 112 valence electrons. The van der Waals surface area contributed by atoms with Crippen LogP contribution >= 0.6 is 24.1 Å². The van der Waals surface area contributed by atoms with Gasteiger partial charge in [0.25, 0.3) is 0 Å². The van der Waals surface area contributed by atoms with Gasteiger partial charge >= 0.3 is 0 Å². The molecule has 0 aliphatic carbocycles. The molecule has 0 fully saturated rings. The van der Waals surface area contributed by atoms with Crippen LogP contribution in [0.5, 0.6) is 0 Å². The van der Waals surface area contributed by atoms with Gasteiger partial charge in [-0.3, -0.25) is 0 Å². The van der Waals surface area contributed by atoms with E-state index in [0.29, 0.717) is 10.5 Å². The highest BCUT2D eigenvalue weighted by atomic mass is 32.2. The largest absolute Gasteiger partial charge is 0.247 e. The van der Waals surface area contributed by atoms with Crippen molar-refractivity contribution in [3.8, 4) is 0 Å². The lowest BCUT2D eigenvalue weighted by molar-refractivity contribution is 0.717. The molecule has 0 saturated heterocycles. The Balaban J connectivity index is 1.64. The monoisotopic (exact) mass is 318 g/mol. The Kier molecular flexibility index (Phi) is 7.20. The van der Waals surface area contributed by atoms with Crippen molar-refractivity contribution in [2.45, 2.75) is 37.2 Å². The minimum absolute atomic E-state index is 0.462. The lowest BCUT2D eigenvalue weighted by atomic mass is 10.1. The van der Waals surface area contributed by atoms with Crippen molar-refractivity contribution in [2.24, 2.45) is 0 Å². The zero-order valence-electron chi connectivity index (χ0n) is 12.6. The number of hydrogen-bond donors (Lipinski definition) is 0. The normalized spacial score (nSPS) is 13.8. The van der Waals surface area contributed by atoms with Gasteiger partial charge in [-0.05, 0) is 24.0 Å². The summed E-state index contributed by atoms with van der Waals surface area (Å²) in [7, 11) is 0. The molecule has 0 aliphatic rings. The van der Waals surface area contributed by atoms with E-state index >= 15 is 0 Å². The molecule has 2 aromatic carbocycles. The van der Waals surface area contributed by atoms with Gasteiger partial charge < -0.3 is 0 Å². The third kappa shape index (κ3) is 6.60. The van der Waals surface area contributed by atoms with Crippen molar-refractivity contribution < 1.29 is 3.63 Å². The van der Waals surface area contributed by atoms with Crippen molar-refractivity contribution in [1.29, 1.82) is 0 Å². The average Bonchev–Trinajstić information content (AvgIpc) is 2.49. The zero-order chi connectivity index (χ0) is 14.9. The molecule has 0 heterocycles. The van der Waals surface area contributed by atoms with Crippen molar-refractivity contribution >= 4 is 24.1 Å². The van der Waals surface area contributed by atoms with E-state index in [1.165, 1.54) is 11.1 Å². The standard InChI is InChI=1S/C18H22OS2/c1-15(13-17-9-5-3-6-10-17)20-19-21-16(2)14-18-11-7-4-8-12-18/h3-12,15-16H,13-14H2,1-2H3. The molecule has 0 N–H and O–H groups in total. The second-order valence-electron chi connectivity index (χ2n) is 5.26. The van der Waals surface area contributed by atoms with E-state index < -0.39 is 0 Å². The van der Waals surface area contributed by atoms with Gasteiger partial charge in [0, 0.05) is 34.6 Å². The van der Waals surface area contributed by atoms with Crippen LogP contribution in [0.1, 0.15) is 25.0 Å². The van der Waals surface area contributed by atoms with Crippen molar-refractivity contribution in [3.05, 3.63) is 71.8 Å². The lowest BCUT2D eigenvalue weighted by Gasteiger charge is -2.13. The summed E-state index contributed by atoms with van der Waals surface area (Å²) in [6, 6.07) is 21.1. The first kappa shape index (κ1) is 16.5. The molecular weight excluding hydrogens is 296 g/mol. The second-order valence-corrected chi connectivity index (χ2v) is 7.80. The van der Waals surface area contributed by atoms with Crippen molar-refractivity contribution in [2.75, 3.05) is 0 Å². The third-order valence-corrected chi connectivity index (χ3v) is 4.76. The molecule has 0 aromatic heterocycles. The fourth-order valence-corrected chi connectivity index (χ4v) is 3.89. The summed E-state index contributed by atoms with van der Waals surface area (Å²) >= 11 is 3.15. The molecule has 2 aromatic rings. The highest BCUT2D eigenvalue weighted by molar-refractivity contribution is 8.08. The highest BCUT2D eigenvalue weighted by Crippen LogP contribution is 2.27. The van der Waals surface area contributed by atoms with E-state index in [1.54, 1.807) is 24.1 Å². The van der Waals surface area contributed by atoms with Crippen molar-refractivity contribution in [1.82, 2.24) is 0 Å². The molecule has 2 atom stereocenters. The maximum atomic E-state index is 5.73. The van der Waals surface area contributed by atoms with Gasteiger partial charge in [0.1, 0.15) is 0 Å². The highest BCUT2D eigenvalue weighted by Gasteiger charge is 2.09. The summed E-state index contributed by atoms with van der Waals surface area (Å²) in [5, 5.41) is 0.924. The molecule has 3 heteroatoms. The zero-order valence-corrected chi connectivity index (χ0v) is 14.2. The summed E-state index contributed by atoms with van der Waals surface area (Å²) in [4.78, 5) is 0. The Bertz CT molecular complexity index is 454. The molecule has 0 radical (unpaired) electrons. The molecule has 0 saturated carbocycles. The van der Waals surface area contributed by atoms with Crippen LogP contribution in [0.4, 0.5) is 0 Å². The van der Waals surface area contributed by atoms with E-state index in [1.807, 2.05) is 0 Å². The van der Waals surface area contributed by atoms with Crippen LogP contribution in [0.25, 0.3) is 0 Å². The van der Waals surface area contributed by atoms with Gasteiger partial charge in [0.15, 0.2) is 0 Å². The molecule has 2 unspecified atom stereocenters. The first-order chi connectivity index (χ1) is 10.2. The maximum absolute atomic E-state index is 5.73. The van der Waals surface area contributed by atoms with Gasteiger partial charge in [-0.1, -0.05) is 74.5 Å². The first-order valence-corrected chi connectivity index (χ1v) is 8.91. The molecule has 0 aliphatic heterocycles. The van der Waals surface area contributed by atoms with Crippen LogP contribution in [-0.2, 0) is 16.5 Å². The van der Waals surface area contributed by atoms with Gasteiger partial charge in [-0.15, -0.1) is 0 Å². The fraction of sp³-hybridized carbons (Fsp3) is 0.333. The summed E-state index contributed by atoms with van der Waals surface area (Å²) in [5.74, 6) is 0. The van der Waals surface area contributed by atoms with Crippen LogP contribution in [-0.4, -0.2) is 10.5 Å². The topological polar surface area (TPSA) is 9.23 Å². The molecule has 1 nitrogen and oxygen atoms in total. The summed E-state index contributed by atoms with van der Waals surface area (Å²) in [6.45, 7) is 4.42. The smallest absolute Gasteiger partial charge is 0.0336 e. The Morgan fingerprint density at radius 1 is 0.714 bits per heavy atom. The van der Waals surface area contributed by atoms with Crippen LogP contribution in [0.3, 0.4) is 0 Å². The van der Waals surface area contributed by atoms with Crippen molar-refractivity contribution in [3.63, 3.8) is 0 Å². The Hall–Kier alpha value is -0.900. The Labute approximate surface area is 136 Å². The Morgan fingerprint density at radius 2 is 1.10 bits per heavy atom. The SMILES string of the molecule is CC(Cc1ccccc1)SOSC(C)Cc1ccccc1. The number of hydrogen-bond acceptors (Lipinski definition) is 3. The van der Waals surface area contributed by atoms with Crippen LogP contribution < -0.4 is 0 Å². The van der Waals surface area contributed by atoms with E-state index in [-0.39, 0.29) is 0 Å². The first-order valence-electron chi connectivity index (χ1n) is 7.30. The minimum Gasteiger partial charge on any atom is -0.247 e. The van der Waals surface area contributed by atoms with Gasteiger partial charge in [-0.2, -0.15) is 0 Å². The minimum atomic E-state index is 0.462. The second kappa shape index (κ2) is 9.19. The predicted molar refractivity (Wildman–Crippen MR) is 95.5 cm³/mol.